The minimum atomic E-state index is -0.565. The van der Waals surface area contributed by atoms with Gasteiger partial charge in [-0.25, -0.2) is 9.97 Å². The lowest BCUT2D eigenvalue weighted by molar-refractivity contribution is 0.191. The molecule has 0 radical (unpaired) electrons. The van der Waals surface area contributed by atoms with Crippen molar-refractivity contribution >= 4 is 11.6 Å². The first-order valence-corrected chi connectivity index (χ1v) is 9.68. The molecule has 2 aromatic rings. The Morgan fingerprint density at radius 1 is 1.19 bits per heavy atom. The molecule has 2 aliphatic rings. The Bertz CT molecular complexity index is 767. The number of hydrogen-bond donors (Lipinski definition) is 2. The smallest absolute Gasteiger partial charge is 0.134 e. The second-order valence-corrected chi connectivity index (χ2v) is 7.29. The van der Waals surface area contributed by atoms with E-state index in [-0.39, 0.29) is 0 Å². The maximum Gasteiger partial charge on any atom is 0.134 e. The van der Waals surface area contributed by atoms with E-state index >= 15 is 0 Å². The Balaban J connectivity index is 1.40. The summed E-state index contributed by atoms with van der Waals surface area (Å²) in [5.74, 6) is 1.71. The van der Waals surface area contributed by atoms with Crippen LogP contribution in [-0.4, -0.2) is 51.7 Å². The van der Waals surface area contributed by atoms with E-state index in [1.165, 1.54) is 12.8 Å². The van der Waals surface area contributed by atoms with Crippen LogP contribution < -0.4 is 10.2 Å². The molecule has 2 N–H and O–H groups in total. The first-order chi connectivity index (χ1) is 13.2. The van der Waals surface area contributed by atoms with Gasteiger partial charge >= 0.3 is 0 Å². The van der Waals surface area contributed by atoms with Gasteiger partial charge in [-0.1, -0.05) is 36.4 Å². The number of nitrogens with one attached hydrogen (secondary N) is 1. The van der Waals surface area contributed by atoms with Crippen molar-refractivity contribution in [2.45, 2.75) is 38.0 Å². The molecule has 3 unspecified atom stereocenters. The van der Waals surface area contributed by atoms with Gasteiger partial charge in [0.25, 0.3) is 0 Å². The van der Waals surface area contributed by atoms with Crippen LogP contribution in [0.2, 0.25) is 0 Å². The Morgan fingerprint density at radius 2 is 1.93 bits per heavy atom. The van der Waals surface area contributed by atoms with Gasteiger partial charge in [0.1, 0.15) is 18.0 Å². The summed E-state index contributed by atoms with van der Waals surface area (Å²) in [5.41, 5.74) is 0.899. The fourth-order valence-corrected chi connectivity index (χ4v) is 4.15. The van der Waals surface area contributed by atoms with Gasteiger partial charge < -0.3 is 20.2 Å². The van der Waals surface area contributed by atoms with Crippen molar-refractivity contribution in [3.8, 4) is 0 Å². The minimum absolute atomic E-state index is 0.417. The Kier molecular flexibility index (Phi) is 5.25. The van der Waals surface area contributed by atoms with Crippen LogP contribution >= 0.6 is 0 Å². The summed E-state index contributed by atoms with van der Waals surface area (Å²) < 4.78 is 0. The number of aromatic nitrogens is 2. The molecule has 27 heavy (non-hydrogen) atoms. The highest BCUT2D eigenvalue weighted by molar-refractivity contribution is 5.49. The second kappa shape index (κ2) is 7.96. The SMILES string of the molecule is C/C=C\N1C2CCC1CN(c1cc(NCC(O)c3ccccc3)ncn1)C2. The minimum Gasteiger partial charge on any atom is -0.387 e. The molecule has 1 aromatic carbocycles. The molecule has 0 aliphatic carbocycles. The number of aliphatic hydroxyl groups excluding tert-OH is 1. The number of benzene rings is 1. The molecule has 1 aromatic heterocycles. The van der Waals surface area contributed by atoms with E-state index in [2.05, 4.69) is 44.3 Å². The Hall–Kier alpha value is -2.60. The molecule has 6 heteroatoms. The molecule has 3 heterocycles. The molecule has 142 valence electrons. The number of fused-ring (bicyclic) bond motifs is 2. The van der Waals surface area contributed by atoms with Crippen LogP contribution in [0.15, 0.2) is 55.0 Å². The fourth-order valence-electron chi connectivity index (χ4n) is 4.15. The van der Waals surface area contributed by atoms with Crippen LogP contribution in [0.5, 0.6) is 0 Å². The highest BCUT2D eigenvalue weighted by atomic mass is 16.3. The van der Waals surface area contributed by atoms with E-state index in [9.17, 15) is 5.11 Å². The third-order valence-electron chi connectivity index (χ3n) is 5.50. The molecule has 0 saturated carbocycles. The lowest BCUT2D eigenvalue weighted by Gasteiger charge is -2.41. The summed E-state index contributed by atoms with van der Waals surface area (Å²) in [5, 5.41) is 13.6. The van der Waals surface area contributed by atoms with Crippen LogP contribution in [0.25, 0.3) is 0 Å². The number of allylic oxidation sites excluding steroid dienone is 1. The van der Waals surface area contributed by atoms with Gasteiger partial charge in [-0.2, -0.15) is 0 Å². The molecule has 0 amide bonds. The summed E-state index contributed by atoms with van der Waals surface area (Å²) in [4.78, 5) is 13.7. The maximum absolute atomic E-state index is 10.3. The van der Waals surface area contributed by atoms with Crippen molar-refractivity contribution in [1.82, 2.24) is 14.9 Å². The van der Waals surface area contributed by atoms with Gasteiger partial charge in [0, 0.05) is 37.8 Å². The normalized spacial score (nSPS) is 23.0. The van der Waals surface area contributed by atoms with Crippen molar-refractivity contribution in [2.24, 2.45) is 0 Å². The van der Waals surface area contributed by atoms with E-state index in [0.717, 1.165) is 30.3 Å². The van der Waals surface area contributed by atoms with Gasteiger partial charge in [0.15, 0.2) is 0 Å². The summed E-state index contributed by atoms with van der Waals surface area (Å²) in [6.07, 6.45) is 7.89. The number of rotatable bonds is 6. The monoisotopic (exact) mass is 365 g/mol. The van der Waals surface area contributed by atoms with Crippen molar-refractivity contribution in [3.63, 3.8) is 0 Å². The Labute approximate surface area is 160 Å². The van der Waals surface area contributed by atoms with Crippen molar-refractivity contribution < 1.29 is 5.11 Å². The number of hydrogen-bond acceptors (Lipinski definition) is 6. The fraction of sp³-hybridized carbons (Fsp3) is 0.429. The van der Waals surface area contributed by atoms with Crippen molar-refractivity contribution in [2.75, 3.05) is 29.9 Å². The van der Waals surface area contributed by atoms with Crippen molar-refractivity contribution in [3.05, 3.63) is 60.6 Å². The number of aliphatic hydroxyl groups is 1. The van der Waals surface area contributed by atoms with Crippen LogP contribution in [0.3, 0.4) is 0 Å². The Morgan fingerprint density at radius 3 is 2.63 bits per heavy atom. The number of piperazine rings is 1. The molecular weight excluding hydrogens is 338 g/mol. The maximum atomic E-state index is 10.3. The predicted octanol–water partition coefficient (Wildman–Crippen LogP) is 2.81. The van der Waals surface area contributed by atoms with Gasteiger partial charge in [-0.15, -0.1) is 0 Å². The van der Waals surface area contributed by atoms with E-state index in [1.54, 1.807) is 6.33 Å². The van der Waals surface area contributed by atoms with E-state index in [1.807, 2.05) is 36.4 Å². The quantitative estimate of drug-likeness (QED) is 0.821. The molecule has 6 nitrogen and oxygen atoms in total. The average molecular weight is 365 g/mol. The van der Waals surface area contributed by atoms with E-state index in [0.29, 0.717) is 18.6 Å². The summed E-state index contributed by atoms with van der Waals surface area (Å²) in [6, 6.07) is 12.8. The topological polar surface area (TPSA) is 64.5 Å². The molecule has 2 aliphatic heterocycles. The summed E-state index contributed by atoms with van der Waals surface area (Å²) >= 11 is 0. The highest BCUT2D eigenvalue weighted by Gasteiger charge is 2.38. The van der Waals surface area contributed by atoms with Crippen LogP contribution in [-0.2, 0) is 0 Å². The van der Waals surface area contributed by atoms with Gasteiger partial charge in [-0.05, 0) is 31.5 Å². The number of nitrogens with zero attached hydrogens (tertiary/aromatic N) is 4. The molecule has 2 fully saturated rings. The zero-order valence-electron chi connectivity index (χ0n) is 15.7. The van der Waals surface area contributed by atoms with E-state index in [4.69, 9.17) is 0 Å². The second-order valence-electron chi connectivity index (χ2n) is 7.29. The van der Waals surface area contributed by atoms with Crippen LogP contribution in [0.4, 0.5) is 11.6 Å². The first kappa shape index (κ1) is 17.8. The third-order valence-corrected chi connectivity index (χ3v) is 5.50. The third kappa shape index (κ3) is 3.90. The van der Waals surface area contributed by atoms with Crippen LogP contribution in [0.1, 0.15) is 31.4 Å². The highest BCUT2D eigenvalue weighted by Crippen LogP contribution is 2.32. The molecule has 2 saturated heterocycles. The largest absolute Gasteiger partial charge is 0.387 e. The summed E-state index contributed by atoms with van der Waals surface area (Å²) in [7, 11) is 0. The van der Waals surface area contributed by atoms with Crippen LogP contribution in [0, 0.1) is 0 Å². The van der Waals surface area contributed by atoms with Gasteiger partial charge in [0.05, 0.1) is 6.10 Å². The first-order valence-electron chi connectivity index (χ1n) is 9.68. The zero-order chi connectivity index (χ0) is 18.6. The lowest BCUT2D eigenvalue weighted by atomic mass is 10.1. The lowest BCUT2D eigenvalue weighted by Crippen LogP contribution is -2.51. The average Bonchev–Trinajstić information content (AvgIpc) is 2.94. The molecule has 3 atom stereocenters. The predicted molar refractivity (Wildman–Crippen MR) is 108 cm³/mol. The van der Waals surface area contributed by atoms with Gasteiger partial charge in [0.2, 0.25) is 0 Å². The standard InChI is InChI=1S/C21H27N5O/c1-2-10-26-17-8-9-18(26)14-25(13-17)21-11-20(23-15-24-21)22-12-19(27)16-6-4-3-5-7-16/h2-7,10-11,15,17-19,27H,8-9,12-14H2,1H3,(H,22,23,24)/b10-2-. The number of anilines is 2. The zero-order valence-corrected chi connectivity index (χ0v) is 15.7. The molecule has 2 bridgehead atoms. The van der Waals surface area contributed by atoms with E-state index < -0.39 is 6.10 Å². The molecular formula is C21H27N5O. The summed E-state index contributed by atoms with van der Waals surface area (Å²) in [6.45, 7) is 4.48. The van der Waals surface area contributed by atoms with Gasteiger partial charge in [-0.3, -0.25) is 0 Å². The van der Waals surface area contributed by atoms with Crippen molar-refractivity contribution in [1.29, 1.82) is 0 Å². The molecule has 0 spiro atoms. The molecule has 4 rings (SSSR count).